The average Bonchev–Trinajstić information content (AvgIpc) is 3.00. The van der Waals surface area contributed by atoms with E-state index in [9.17, 15) is 4.79 Å². The summed E-state index contributed by atoms with van der Waals surface area (Å²) in [5, 5.41) is 6.23. The zero-order valence-electron chi connectivity index (χ0n) is 12.9. The first-order valence-corrected chi connectivity index (χ1v) is 8.56. The molecule has 2 atom stereocenters. The highest BCUT2D eigenvalue weighted by atomic mass is 32.2. The van der Waals surface area contributed by atoms with Gasteiger partial charge in [-0.1, -0.05) is 26.0 Å². The fourth-order valence-corrected chi connectivity index (χ4v) is 3.02. The van der Waals surface area contributed by atoms with Crippen LogP contribution in [0.5, 0.6) is 5.75 Å². The predicted octanol–water partition coefficient (Wildman–Crippen LogP) is 2.56. The van der Waals surface area contributed by atoms with Crippen molar-refractivity contribution in [3.63, 3.8) is 0 Å². The van der Waals surface area contributed by atoms with E-state index in [1.165, 1.54) is 0 Å². The second-order valence-corrected chi connectivity index (χ2v) is 6.81. The van der Waals surface area contributed by atoms with Crippen LogP contribution in [0.3, 0.4) is 0 Å². The van der Waals surface area contributed by atoms with Crippen LogP contribution in [0.15, 0.2) is 24.3 Å². The monoisotopic (exact) mass is 308 g/mol. The largest absolute Gasteiger partial charge is 0.493 e. The molecule has 1 aromatic carbocycles. The van der Waals surface area contributed by atoms with Gasteiger partial charge in [0.15, 0.2) is 0 Å². The molecule has 2 N–H and O–H groups in total. The number of rotatable bonds is 6. The summed E-state index contributed by atoms with van der Waals surface area (Å²) in [6.07, 6.45) is 0. The molecule has 1 fully saturated rings. The second kappa shape index (κ2) is 7.71. The van der Waals surface area contributed by atoms with Crippen molar-refractivity contribution in [2.24, 2.45) is 5.92 Å². The number of amides is 1. The number of thioether (sulfide) groups is 1. The SMILES string of the molecule is CC(C)COc1ccc([C@H](C)NC(=O)[C@H]2CSCN2)cc1. The molecule has 2 rings (SSSR count). The Hall–Kier alpha value is -1.20. The van der Waals surface area contributed by atoms with Crippen molar-refractivity contribution >= 4 is 17.7 Å². The molecule has 1 heterocycles. The molecule has 0 unspecified atom stereocenters. The van der Waals surface area contributed by atoms with Crippen LogP contribution >= 0.6 is 11.8 Å². The summed E-state index contributed by atoms with van der Waals surface area (Å²) in [7, 11) is 0. The van der Waals surface area contributed by atoms with E-state index >= 15 is 0 Å². The summed E-state index contributed by atoms with van der Waals surface area (Å²) in [4.78, 5) is 12.1. The lowest BCUT2D eigenvalue weighted by Crippen LogP contribution is -2.42. The van der Waals surface area contributed by atoms with Gasteiger partial charge in [-0.25, -0.2) is 0 Å². The topological polar surface area (TPSA) is 50.4 Å². The molecule has 0 aliphatic carbocycles. The molecule has 0 saturated carbocycles. The Balaban J connectivity index is 1.87. The molecular weight excluding hydrogens is 284 g/mol. The summed E-state index contributed by atoms with van der Waals surface area (Å²) in [6.45, 7) is 6.98. The van der Waals surface area contributed by atoms with E-state index in [1.54, 1.807) is 11.8 Å². The van der Waals surface area contributed by atoms with Crippen LogP contribution in [0, 0.1) is 5.92 Å². The van der Waals surface area contributed by atoms with E-state index < -0.39 is 0 Å². The summed E-state index contributed by atoms with van der Waals surface area (Å²) < 4.78 is 5.66. The molecule has 1 saturated heterocycles. The maximum Gasteiger partial charge on any atom is 0.238 e. The van der Waals surface area contributed by atoms with E-state index in [2.05, 4.69) is 24.5 Å². The minimum atomic E-state index is -0.0638. The minimum absolute atomic E-state index is 0.00375. The number of carbonyl (C=O) groups is 1. The highest BCUT2D eigenvalue weighted by Gasteiger charge is 2.23. The van der Waals surface area contributed by atoms with Crippen molar-refractivity contribution in [1.29, 1.82) is 0 Å². The summed E-state index contributed by atoms with van der Waals surface area (Å²) >= 11 is 1.75. The van der Waals surface area contributed by atoms with Crippen molar-refractivity contribution in [3.8, 4) is 5.75 Å². The third-order valence-corrected chi connectivity index (χ3v) is 4.29. The standard InChI is InChI=1S/C16H24N2O2S/c1-11(2)8-20-14-6-4-13(5-7-14)12(3)18-16(19)15-9-21-10-17-15/h4-7,11-12,15,17H,8-10H2,1-3H3,(H,18,19)/t12-,15+/m0/s1. The van der Waals surface area contributed by atoms with Gasteiger partial charge in [-0.2, -0.15) is 0 Å². The van der Waals surface area contributed by atoms with Gasteiger partial charge in [0.1, 0.15) is 5.75 Å². The summed E-state index contributed by atoms with van der Waals surface area (Å²) in [5.74, 6) is 3.17. The first-order valence-electron chi connectivity index (χ1n) is 7.40. The van der Waals surface area contributed by atoms with Crippen molar-refractivity contribution in [1.82, 2.24) is 10.6 Å². The summed E-state index contributed by atoms with van der Waals surface area (Å²) in [5.41, 5.74) is 1.09. The van der Waals surface area contributed by atoms with E-state index in [0.29, 0.717) is 5.92 Å². The van der Waals surface area contributed by atoms with Crippen LogP contribution in [0.4, 0.5) is 0 Å². The molecule has 1 amide bonds. The quantitative estimate of drug-likeness (QED) is 0.848. The smallest absolute Gasteiger partial charge is 0.238 e. The number of carbonyl (C=O) groups excluding carboxylic acids is 1. The lowest BCUT2D eigenvalue weighted by atomic mass is 10.1. The molecule has 1 aliphatic rings. The third kappa shape index (κ3) is 4.93. The number of hydrogen-bond donors (Lipinski definition) is 2. The van der Waals surface area contributed by atoms with Crippen LogP contribution < -0.4 is 15.4 Å². The molecule has 0 aromatic heterocycles. The number of hydrogen-bond acceptors (Lipinski definition) is 4. The number of benzene rings is 1. The Morgan fingerprint density at radius 1 is 1.38 bits per heavy atom. The van der Waals surface area contributed by atoms with Crippen molar-refractivity contribution < 1.29 is 9.53 Å². The van der Waals surface area contributed by atoms with Crippen molar-refractivity contribution in [2.45, 2.75) is 32.9 Å². The van der Waals surface area contributed by atoms with Gasteiger partial charge in [-0.3, -0.25) is 10.1 Å². The Kier molecular flexibility index (Phi) is 5.94. The normalized spacial score (nSPS) is 19.5. The Labute approximate surface area is 131 Å². The maximum atomic E-state index is 12.1. The van der Waals surface area contributed by atoms with Crippen molar-refractivity contribution in [2.75, 3.05) is 18.2 Å². The number of nitrogens with one attached hydrogen (secondary N) is 2. The zero-order chi connectivity index (χ0) is 15.2. The Morgan fingerprint density at radius 2 is 2.10 bits per heavy atom. The van der Waals surface area contributed by atoms with Gasteiger partial charge in [0.2, 0.25) is 5.91 Å². The van der Waals surface area contributed by atoms with Gasteiger partial charge < -0.3 is 10.1 Å². The van der Waals surface area contributed by atoms with Gasteiger partial charge in [-0.05, 0) is 30.5 Å². The second-order valence-electron chi connectivity index (χ2n) is 5.78. The van der Waals surface area contributed by atoms with Gasteiger partial charge >= 0.3 is 0 Å². The average molecular weight is 308 g/mol. The first kappa shape index (κ1) is 16.2. The molecule has 1 aliphatic heterocycles. The molecule has 116 valence electrons. The Bertz CT molecular complexity index is 456. The van der Waals surface area contributed by atoms with E-state index in [4.69, 9.17) is 4.74 Å². The molecule has 0 spiro atoms. The van der Waals surface area contributed by atoms with Gasteiger partial charge in [0.05, 0.1) is 18.7 Å². The molecule has 0 radical (unpaired) electrons. The van der Waals surface area contributed by atoms with Crippen LogP contribution in [-0.2, 0) is 4.79 Å². The summed E-state index contributed by atoms with van der Waals surface area (Å²) in [6, 6.07) is 7.89. The molecule has 5 heteroatoms. The number of ether oxygens (including phenoxy) is 1. The highest BCUT2D eigenvalue weighted by Crippen LogP contribution is 2.19. The molecule has 4 nitrogen and oxygen atoms in total. The van der Waals surface area contributed by atoms with E-state index in [1.807, 2.05) is 31.2 Å². The molecular formula is C16H24N2O2S. The van der Waals surface area contributed by atoms with E-state index in [0.717, 1.165) is 29.5 Å². The van der Waals surface area contributed by atoms with E-state index in [-0.39, 0.29) is 18.0 Å². The van der Waals surface area contributed by atoms with Crippen LogP contribution in [0.1, 0.15) is 32.4 Å². The zero-order valence-corrected chi connectivity index (χ0v) is 13.7. The van der Waals surface area contributed by atoms with Crippen molar-refractivity contribution in [3.05, 3.63) is 29.8 Å². The van der Waals surface area contributed by atoms with Crippen LogP contribution in [0.25, 0.3) is 0 Å². The lowest BCUT2D eigenvalue weighted by molar-refractivity contribution is -0.123. The Morgan fingerprint density at radius 3 is 2.67 bits per heavy atom. The molecule has 1 aromatic rings. The highest BCUT2D eigenvalue weighted by molar-refractivity contribution is 7.99. The van der Waals surface area contributed by atoms with Gasteiger partial charge in [0, 0.05) is 11.6 Å². The third-order valence-electron chi connectivity index (χ3n) is 3.36. The fraction of sp³-hybridized carbons (Fsp3) is 0.562. The van der Waals surface area contributed by atoms with Crippen LogP contribution in [-0.4, -0.2) is 30.2 Å². The predicted molar refractivity (Wildman–Crippen MR) is 87.6 cm³/mol. The minimum Gasteiger partial charge on any atom is -0.493 e. The van der Waals surface area contributed by atoms with Gasteiger partial charge in [0.25, 0.3) is 0 Å². The molecule has 0 bridgehead atoms. The van der Waals surface area contributed by atoms with Crippen LogP contribution in [0.2, 0.25) is 0 Å². The fourth-order valence-electron chi connectivity index (χ4n) is 2.08. The lowest BCUT2D eigenvalue weighted by Gasteiger charge is -2.18. The molecule has 21 heavy (non-hydrogen) atoms. The van der Waals surface area contributed by atoms with Gasteiger partial charge in [-0.15, -0.1) is 11.8 Å². The first-order chi connectivity index (χ1) is 10.1. The maximum absolute atomic E-state index is 12.1.